The van der Waals surface area contributed by atoms with Crippen LogP contribution >= 0.6 is 0 Å². The van der Waals surface area contributed by atoms with Crippen LogP contribution in [-0.2, 0) is 5.92 Å². The molecule has 1 aromatic carbocycles. The Morgan fingerprint density at radius 3 is 1.28 bits per heavy atom. The van der Waals surface area contributed by atoms with Crippen LogP contribution in [0.5, 0.6) is 0 Å². The molecular weight excluding hydrogens is 683 g/mol. The average molecular weight is 717 g/mol. The van der Waals surface area contributed by atoms with Gasteiger partial charge in [0.1, 0.15) is 0 Å². The minimum absolute atomic E-state index is 0.103. The summed E-state index contributed by atoms with van der Waals surface area (Å²) in [5.41, 5.74) is -1.89. The molecule has 0 saturated heterocycles. The molecule has 0 aliphatic heterocycles. The van der Waals surface area contributed by atoms with Crippen LogP contribution in [0.2, 0.25) is 0 Å². The van der Waals surface area contributed by atoms with Crippen molar-refractivity contribution in [3.8, 4) is 0 Å². The number of hydrogen-bond donors (Lipinski definition) is 0. The first kappa shape index (κ1) is 39.5. The number of unbranched alkanes of at least 4 members (excludes halogenated alkanes) is 1. The van der Waals surface area contributed by atoms with Gasteiger partial charge in [0.2, 0.25) is 0 Å². The zero-order valence-corrected chi connectivity index (χ0v) is 24.8. The predicted octanol–water partition coefficient (Wildman–Crippen LogP) is 12.4. The molecule has 0 aromatic heterocycles. The van der Waals surface area contributed by atoms with Crippen LogP contribution in [-0.4, -0.2) is 41.7 Å². The maximum absolute atomic E-state index is 14.7. The lowest BCUT2D eigenvalue weighted by atomic mass is 9.68. The van der Waals surface area contributed by atoms with E-state index in [1.165, 1.54) is 12.8 Å². The van der Waals surface area contributed by atoms with Crippen LogP contribution in [0, 0.1) is 17.8 Å². The third-order valence-electron chi connectivity index (χ3n) is 9.76. The van der Waals surface area contributed by atoms with Gasteiger partial charge in [0.15, 0.2) is 0 Å². The summed E-state index contributed by atoms with van der Waals surface area (Å²) in [7, 11) is 0. The lowest BCUT2D eigenvalue weighted by Gasteiger charge is -2.42. The summed E-state index contributed by atoms with van der Waals surface area (Å²) in [5, 5.41) is 0. The molecule has 272 valence electrons. The third-order valence-corrected chi connectivity index (χ3v) is 9.76. The summed E-state index contributed by atoms with van der Waals surface area (Å²) >= 11 is 0. The fourth-order valence-electron chi connectivity index (χ4n) is 6.67. The number of rotatable bonds is 12. The highest BCUT2D eigenvalue weighted by atomic mass is 19.4. The Hall–Kier alpha value is -1.97. The summed E-state index contributed by atoms with van der Waals surface area (Å²) in [4.78, 5) is 0. The van der Waals surface area contributed by atoms with E-state index in [4.69, 9.17) is 0 Å². The van der Waals surface area contributed by atoms with Crippen LogP contribution in [0.15, 0.2) is 24.3 Å². The van der Waals surface area contributed by atoms with E-state index in [1.807, 2.05) is 0 Å². The Morgan fingerprint density at radius 1 is 0.489 bits per heavy atom. The van der Waals surface area contributed by atoms with E-state index in [9.17, 15) is 74.6 Å². The highest BCUT2D eigenvalue weighted by molar-refractivity contribution is 5.31. The zero-order chi connectivity index (χ0) is 36.1. The minimum Gasteiger partial charge on any atom is -0.194 e. The van der Waals surface area contributed by atoms with E-state index in [1.54, 1.807) is 0 Å². The minimum atomic E-state index is -8.63. The number of halogens is 17. The summed E-state index contributed by atoms with van der Waals surface area (Å²) < 4.78 is 232. The maximum atomic E-state index is 14.7. The van der Waals surface area contributed by atoms with Crippen LogP contribution in [0.3, 0.4) is 0 Å². The first-order valence-corrected chi connectivity index (χ1v) is 15.0. The average Bonchev–Trinajstić information content (AvgIpc) is 2.99. The van der Waals surface area contributed by atoms with Gasteiger partial charge < -0.3 is 0 Å². The molecule has 2 aliphatic rings. The Bertz CT molecular complexity index is 1170. The molecule has 0 bridgehead atoms. The van der Waals surface area contributed by atoms with Crippen LogP contribution < -0.4 is 0 Å². The van der Waals surface area contributed by atoms with Crippen molar-refractivity contribution in [1.29, 1.82) is 0 Å². The fraction of sp³-hybridized carbons (Fsp3) is 0.800. The molecule has 0 N–H and O–H groups in total. The number of alkyl halides is 17. The van der Waals surface area contributed by atoms with E-state index in [-0.39, 0.29) is 23.6 Å². The van der Waals surface area contributed by atoms with Crippen molar-refractivity contribution in [2.45, 2.75) is 131 Å². The Morgan fingerprint density at radius 2 is 0.872 bits per heavy atom. The van der Waals surface area contributed by atoms with Crippen LogP contribution in [0.4, 0.5) is 74.6 Å². The highest BCUT2D eigenvalue weighted by Gasteiger charge is 2.95. The van der Waals surface area contributed by atoms with Gasteiger partial charge in [-0.25, -0.2) is 0 Å². The fourth-order valence-corrected chi connectivity index (χ4v) is 6.67. The van der Waals surface area contributed by atoms with Gasteiger partial charge in [0, 0.05) is 5.56 Å². The van der Waals surface area contributed by atoms with Crippen molar-refractivity contribution in [3.05, 3.63) is 35.4 Å². The van der Waals surface area contributed by atoms with Gasteiger partial charge in [-0.05, 0) is 67.8 Å². The maximum Gasteiger partial charge on any atom is 0.460 e. The normalized spacial score (nSPS) is 24.8. The second kappa shape index (κ2) is 13.1. The van der Waals surface area contributed by atoms with Crippen molar-refractivity contribution >= 4 is 0 Å². The second-order valence-electron chi connectivity index (χ2n) is 12.7. The molecule has 0 unspecified atom stereocenters. The SMILES string of the molecule is CCCCC1CCC(C2CCC(c3ccc(C(F)(F)C(F)(F)C(F)(F)C(F)(F)C(F)(F)C(F)(F)C(F)(F)C(F)(F)F)cc3)CC2)CC1. The standard InChI is InChI=1S/C30H33F17/c1-2-3-4-17-5-7-18(8-6-17)19-9-11-20(12-10-19)21-13-15-22(16-14-21)23(31,32)24(33,34)25(35,36)26(37,38)27(39,40)28(41,42)29(43,44)30(45,46)47/h13-20H,2-12H2,1H3. The first-order chi connectivity index (χ1) is 21.2. The quantitative estimate of drug-likeness (QED) is 0.189. The van der Waals surface area contributed by atoms with Gasteiger partial charge in [-0.1, -0.05) is 63.3 Å². The molecular formula is C30H33F17. The molecule has 17 heteroatoms. The first-order valence-electron chi connectivity index (χ1n) is 15.0. The van der Waals surface area contributed by atoms with Gasteiger partial charge in [-0.2, -0.15) is 74.6 Å². The summed E-state index contributed by atoms with van der Waals surface area (Å²) in [6, 6.07) is 1.77. The monoisotopic (exact) mass is 716 g/mol. The van der Waals surface area contributed by atoms with Crippen molar-refractivity contribution < 1.29 is 74.6 Å². The molecule has 0 nitrogen and oxygen atoms in total. The smallest absolute Gasteiger partial charge is 0.194 e. The molecule has 0 radical (unpaired) electrons. The van der Waals surface area contributed by atoms with E-state index >= 15 is 0 Å². The Balaban J connectivity index is 1.76. The Labute approximate surface area is 259 Å². The van der Waals surface area contributed by atoms with Crippen molar-refractivity contribution in [1.82, 2.24) is 0 Å². The largest absolute Gasteiger partial charge is 0.460 e. The molecule has 1 aromatic rings. The summed E-state index contributed by atoms with van der Waals surface area (Å²) in [6.07, 6.45) is 2.66. The van der Waals surface area contributed by atoms with Crippen molar-refractivity contribution in [2.24, 2.45) is 17.8 Å². The van der Waals surface area contributed by atoms with Crippen molar-refractivity contribution in [2.75, 3.05) is 0 Å². The van der Waals surface area contributed by atoms with Gasteiger partial charge in [-0.15, -0.1) is 0 Å². The molecule has 47 heavy (non-hydrogen) atoms. The predicted molar refractivity (Wildman–Crippen MR) is 136 cm³/mol. The van der Waals surface area contributed by atoms with Crippen LogP contribution in [0.25, 0.3) is 0 Å². The van der Waals surface area contributed by atoms with Gasteiger partial charge >= 0.3 is 47.6 Å². The highest BCUT2D eigenvalue weighted by Crippen LogP contribution is 2.65. The molecule has 0 spiro atoms. The molecule has 0 heterocycles. The lowest BCUT2D eigenvalue weighted by Crippen LogP contribution is -2.74. The third kappa shape index (κ3) is 6.54. The van der Waals surface area contributed by atoms with Crippen molar-refractivity contribution in [3.63, 3.8) is 0 Å². The molecule has 2 fully saturated rings. The van der Waals surface area contributed by atoms with Crippen LogP contribution in [0.1, 0.15) is 94.6 Å². The number of benzene rings is 1. The topological polar surface area (TPSA) is 0 Å². The number of hydrogen-bond acceptors (Lipinski definition) is 0. The van der Waals surface area contributed by atoms with Gasteiger partial charge in [-0.3, -0.25) is 0 Å². The Kier molecular flexibility index (Phi) is 11.0. The van der Waals surface area contributed by atoms with E-state index < -0.39 is 53.2 Å². The van der Waals surface area contributed by atoms with Gasteiger partial charge in [0.05, 0.1) is 0 Å². The molecule has 0 amide bonds. The molecule has 0 atom stereocenters. The second-order valence-corrected chi connectivity index (χ2v) is 12.7. The summed E-state index contributed by atoms with van der Waals surface area (Å²) in [6.45, 7) is 2.12. The molecule has 2 saturated carbocycles. The lowest BCUT2D eigenvalue weighted by molar-refractivity contribution is -0.462. The molecule has 2 aliphatic carbocycles. The zero-order valence-electron chi connectivity index (χ0n) is 24.8. The van der Waals surface area contributed by atoms with E-state index in [0.29, 0.717) is 30.6 Å². The van der Waals surface area contributed by atoms with E-state index in [2.05, 4.69) is 6.92 Å². The summed E-state index contributed by atoms with van der Waals surface area (Å²) in [5.74, 6) is -55.1. The van der Waals surface area contributed by atoms with E-state index in [0.717, 1.165) is 57.1 Å². The van der Waals surface area contributed by atoms with Gasteiger partial charge in [0.25, 0.3) is 0 Å². The molecule has 3 rings (SSSR count).